The highest BCUT2D eigenvalue weighted by atomic mass is 19.4. The fraction of sp³-hybridized carbons (Fsp3) is 0.692. The Bertz CT molecular complexity index is 501. The molecule has 1 aliphatic heterocycles. The van der Waals surface area contributed by atoms with Crippen molar-refractivity contribution >= 4 is 5.91 Å². The molecule has 0 saturated carbocycles. The smallest absolute Gasteiger partial charge is 0.371 e. The molecule has 2 unspecified atom stereocenters. The van der Waals surface area contributed by atoms with Crippen molar-refractivity contribution in [3.63, 3.8) is 0 Å². The first-order chi connectivity index (χ1) is 9.83. The largest absolute Gasteiger partial charge is 0.406 e. The third-order valence-electron chi connectivity index (χ3n) is 3.45. The molecule has 2 atom stereocenters. The zero-order valence-electron chi connectivity index (χ0n) is 11.9. The third-order valence-corrected chi connectivity index (χ3v) is 3.45. The Labute approximate surface area is 120 Å². The van der Waals surface area contributed by atoms with Crippen molar-refractivity contribution in [1.29, 1.82) is 0 Å². The number of likely N-dealkylation sites (tertiary alicyclic amines) is 1. The van der Waals surface area contributed by atoms with Crippen LogP contribution in [-0.2, 0) is 9.53 Å². The zero-order chi connectivity index (χ0) is 15.6. The fourth-order valence-electron chi connectivity index (χ4n) is 2.58. The minimum atomic E-state index is -4.37. The van der Waals surface area contributed by atoms with E-state index in [0.717, 1.165) is 4.90 Å². The maximum absolute atomic E-state index is 12.4. The van der Waals surface area contributed by atoms with Crippen LogP contribution in [0.2, 0.25) is 0 Å². The number of carbonyl (C=O) groups excluding carboxylic acids is 1. The first kappa shape index (κ1) is 15.8. The predicted molar refractivity (Wildman–Crippen MR) is 68.6 cm³/mol. The lowest BCUT2D eigenvalue weighted by Crippen LogP contribution is -2.36. The second-order valence-electron chi connectivity index (χ2n) is 4.97. The van der Waals surface area contributed by atoms with Gasteiger partial charge in [-0.05, 0) is 20.3 Å². The number of imidazole rings is 1. The SMILES string of the molecule is CCOC(C)c1nccn1C1CCN(CC(F)(F)F)C1=O. The van der Waals surface area contributed by atoms with Gasteiger partial charge in [0, 0.05) is 25.5 Å². The highest BCUT2D eigenvalue weighted by molar-refractivity contribution is 5.82. The lowest BCUT2D eigenvalue weighted by atomic mass is 10.2. The molecule has 0 bridgehead atoms. The predicted octanol–water partition coefficient (Wildman–Crippen LogP) is 2.32. The summed E-state index contributed by atoms with van der Waals surface area (Å²) >= 11 is 0. The summed E-state index contributed by atoms with van der Waals surface area (Å²) in [6, 6.07) is -0.632. The molecule has 118 valence electrons. The zero-order valence-corrected chi connectivity index (χ0v) is 11.9. The van der Waals surface area contributed by atoms with Crippen LogP contribution in [0.25, 0.3) is 0 Å². The number of aromatic nitrogens is 2. The van der Waals surface area contributed by atoms with E-state index in [0.29, 0.717) is 18.9 Å². The van der Waals surface area contributed by atoms with Gasteiger partial charge in [0.05, 0.1) is 0 Å². The Morgan fingerprint density at radius 1 is 1.52 bits per heavy atom. The molecular formula is C13H18F3N3O2. The molecule has 1 saturated heterocycles. The lowest BCUT2D eigenvalue weighted by molar-refractivity contribution is -0.158. The Morgan fingerprint density at radius 3 is 2.86 bits per heavy atom. The van der Waals surface area contributed by atoms with Gasteiger partial charge in [-0.15, -0.1) is 0 Å². The Kier molecular flexibility index (Phi) is 4.55. The lowest BCUT2D eigenvalue weighted by Gasteiger charge is -2.20. The van der Waals surface area contributed by atoms with Gasteiger partial charge in [0.15, 0.2) is 0 Å². The maximum Gasteiger partial charge on any atom is 0.406 e. The molecule has 2 rings (SSSR count). The second kappa shape index (κ2) is 6.05. The number of hydrogen-bond acceptors (Lipinski definition) is 3. The molecule has 1 aromatic rings. The van der Waals surface area contributed by atoms with Crippen molar-refractivity contribution in [1.82, 2.24) is 14.5 Å². The summed E-state index contributed by atoms with van der Waals surface area (Å²) in [4.78, 5) is 17.2. The molecule has 1 amide bonds. The first-order valence-corrected chi connectivity index (χ1v) is 6.83. The summed E-state index contributed by atoms with van der Waals surface area (Å²) in [6.07, 6.45) is -1.19. The number of ether oxygens (including phenoxy) is 1. The van der Waals surface area contributed by atoms with E-state index in [1.165, 1.54) is 6.20 Å². The minimum absolute atomic E-state index is 0.101. The molecule has 0 spiro atoms. The number of alkyl halides is 3. The van der Waals surface area contributed by atoms with Crippen molar-refractivity contribution in [2.24, 2.45) is 0 Å². The Morgan fingerprint density at radius 2 is 2.24 bits per heavy atom. The molecule has 0 aromatic carbocycles. The Balaban J connectivity index is 2.14. The summed E-state index contributed by atoms with van der Waals surface area (Å²) < 4.78 is 44.3. The molecule has 21 heavy (non-hydrogen) atoms. The average Bonchev–Trinajstić information content (AvgIpc) is 2.96. The normalized spacial score (nSPS) is 21.1. The van der Waals surface area contributed by atoms with Crippen molar-refractivity contribution in [2.75, 3.05) is 19.7 Å². The van der Waals surface area contributed by atoms with Crippen LogP contribution >= 0.6 is 0 Å². The van der Waals surface area contributed by atoms with Gasteiger partial charge in [-0.2, -0.15) is 13.2 Å². The third kappa shape index (κ3) is 3.55. The number of hydrogen-bond donors (Lipinski definition) is 0. The highest BCUT2D eigenvalue weighted by Crippen LogP contribution is 2.29. The summed E-state index contributed by atoms with van der Waals surface area (Å²) in [6.45, 7) is 3.04. The molecule has 0 radical (unpaired) electrons. The molecule has 0 aliphatic carbocycles. The van der Waals surface area contributed by atoms with E-state index in [1.807, 2.05) is 6.92 Å². The number of halogens is 3. The first-order valence-electron chi connectivity index (χ1n) is 6.83. The van der Waals surface area contributed by atoms with Gasteiger partial charge >= 0.3 is 6.18 Å². The molecule has 2 heterocycles. The van der Waals surface area contributed by atoms with E-state index in [2.05, 4.69) is 4.98 Å². The van der Waals surface area contributed by atoms with E-state index in [4.69, 9.17) is 4.74 Å². The average molecular weight is 305 g/mol. The molecule has 8 heteroatoms. The van der Waals surface area contributed by atoms with Crippen LogP contribution in [-0.4, -0.2) is 46.2 Å². The van der Waals surface area contributed by atoms with Crippen LogP contribution in [0.15, 0.2) is 12.4 Å². The second-order valence-corrected chi connectivity index (χ2v) is 4.97. The minimum Gasteiger partial charge on any atom is -0.371 e. The van der Waals surface area contributed by atoms with Crippen molar-refractivity contribution < 1.29 is 22.7 Å². The molecule has 1 aliphatic rings. The van der Waals surface area contributed by atoms with Crippen LogP contribution in [0.1, 0.15) is 38.2 Å². The van der Waals surface area contributed by atoms with E-state index in [-0.39, 0.29) is 12.6 Å². The van der Waals surface area contributed by atoms with Crippen LogP contribution in [0.5, 0.6) is 0 Å². The standard InChI is InChI=1S/C13H18F3N3O2/c1-3-21-9(2)11-17-5-7-19(11)10-4-6-18(12(10)20)8-13(14,15)16/h5,7,9-10H,3-4,6,8H2,1-2H3. The Hall–Kier alpha value is -1.57. The maximum atomic E-state index is 12.4. The van der Waals surface area contributed by atoms with Gasteiger partial charge < -0.3 is 14.2 Å². The van der Waals surface area contributed by atoms with Gasteiger partial charge in [0.1, 0.15) is 24.5 Å². The molecule has 1 fully saturated rings. The van der Waals surface area contributed by atoms with Crippen molar-refractivity contribution in [2.45, 2.75) is 38.6 Å². The molecule has 0 N–H and O–H groups in total. The van der Waals surface area contributed by atoms with Gasteiger partial charge in [0.25, 0.3) is 0 Å². The monoisotopic (exact) mass is 305 g/mol. The molecule has 1 aromatic heterocycles. The van der Waals surface area contributed by atoms with Crippen LogP contribution < -0.4 is 0 Å². The van der Waals surface area contributed by atoms with E-state index < -0.39 is 24.7 Å². The number of rotatable bonds is 5. The summed E-state index contributed by atoms with van der Waals surface area (Å²) in [5.41, 5.74) is 0. The summed E-state index contributed by atoms with van der Waals surface area (Å²) in [5, 5.41) is 0. The van der Waals surface area contributed by atoms with Gasteiger partial charge in [-0.3, -0.25) is 4.79 Å². The highest BCUT2D eigenvalue weighted by Gasteiger charge is 2.40. The summed E-state index contributed by atoms with van der Waals surface area (Å²) in [7, 11) is 0. The van der Waals surface area contributed by atoms with E-state index in [9.17, 15) is 18.0 Å². The fourth-order valence-corrected chi connectivity index (χ4v) is 2.58. The van der Waals surface area contributed by atoms with Crippen LogP contribution in [0.4, 0.5) is 13.2 Å². The van der Waals surface area contributed by atoms with E-state index in [1.54, 1.807) is 17.7 Å². The topological polar surface area (TPSA) is 47.4 Å². The number of carbonyl (C=O) groups is 1. The quantitative estimate of drug-likeness (QED) is 0.839. The van der Waals surface area contributed by atoms with Gasteiger partial charge in [0.2, 0.25) is 5.91 Å². The number of nitrogens with zero attached hydrogens (tertiary/aromatic N) is 3. The molecular weight excluding hydrogens is 287 g/mol. The van der Waals surface area contributed by atoms with Crippen LogP contribution in [0.3, 0.4) is 0 Å². The number of amides is 1. The van der Waals surface area contributed by atoms with Crippen molar-refractivity contribution in [3.05, 3.63) is 18.2 Å². The van der Waals surface area contributed by atoms with Crippen LogP contribution in [0, 0.1) is 0 Å². The summed E-state index contributed by atoms with van der Waals surface area (Å²) in [5.74, 6) is 0.0410. The van der Waals surface area contributed by atoms with Gasteiger partial charge in [-0.25, -0.2) is 4.98 Å². The molecule has 5 nitrogen and oxygen atoms in total. The van der Waals surface area contributed by atoms with E-state index >= 15 is 0 Å². The van der Waals surface area contributed by atoms with Crippen molar-refractivity contribution in [3.8, 4) is 0 Å². The van der Waals surface area contributed by atoms with Gasteiger partial charge in [-0.1, -0.05) is 0 Å².